The van der Waals surface area contributed by atoms with E-state index in [1.807, 2.05) is 25.1 Å². The highest BCUT2D eigenvalue weighted by Gasteiger charge is 2.10. The number of hydrogen-bond acceptors (Lipinski definition) is 1. The maximum Gasteiger partial charge on any atom is 0.140 e. The number of nitrogens with zero attached hydrogens (tertiary/aromatic N) is 1. The molecule has 0 amide bonds. The van der Waals surface area contributed by atoms with Crippen molar-refractivity contribution in [3.8, 4) is 11.4 Å². The van der Waals surface area contributed by atoms with Crippen molar-refractivity contribution < 1.29 is 0 Å². The number of rotatable bonds is 1. The van der Waals surface area contributed by atoms with E-state index in [1.165, 1.54) is 11.1 Å². The van der Waals surface area contributed by atoms with Gasteiger partial charge in [-0.25, -0.2) is 4.98 Å². The van der Waals surface area contributed by atoms with Gasteiger partial charge in [-0.2, -0.15) is 0 Å². The highest BCUT2D eigenvalue weighted by atomic mass is 35.5. The Labute approximate surface area is 117 Å². The van der Waals surface area contributed by atoms with Gasteiger partial charge in [-0.3, -0.25) is 0 Å². The summed E-state index contributed by atoms with van der Waals surface area (Å²) in [5.41, 5.74) is 6.56. The minimum Gasteiger partial charge on any atom is -0.338 e. The molecule has 0 spiro atoms. The first kappa shape index (κ1) is 12.2. The van der Waals surface area contributed by atoms with Crippen LogP contribution in [0.5, 0.6) is 0 Å². The first-order chi connectivity index (χ1) is 9.06. The van der Waals surface area contributed by atoms with Crippen LogP contribution >= 0.6 is 11.6 Å². The molecule has 0 aliphatic rings. The zero-order valence-electron chi connectivity index (χ0n) is 11.2. The molecule has 2 aromatic carbocycles. The third kappa shape index (κ3) is 2.02. The lowest BCUT2D eigenvalue weighted by Gasteiger charge is -2.02. The van der Waals surface area contributed by atoms with Gasteiger partial charge in [0.15, 0.2) is 0 Å². The number of benzene rings is 2. The fourth-order valence-electron chi connectivity index (χ4n) is 2.23. The molecule has 3 aromatic rings. The lowest BCUT2D eigenvalue weighted by molar-refractivity contribution is 1.32. The van der Waals surface area contributed by atoms with Crippen molar-refractivity contribution >= 4 is 22.6 Å². The number of aromatic amines is 1. The summed E-state index contributed by atoms with van der Waals surface area (Å²) in [6, 6.07) is 10.2. The minimum atomic E-state index is 0.759. The number of fused-ring (bicyclic) bond motifs is 1. The van der Waals surface area contributed by atoms with Gasteiger partial charge < -0.3 is 4.98 Å². The molecule has 0 unspecified atom stereocenters. The average molecular weight is 271 g/mol. The molecule has 96 valence electrons. The molecule has 0 atom stereocenters. The summed E-state index contributed by atoms with van der Waals surface area (Å²) in [7, 11) is 0. The van der Waals surface area contributed by atoms with Crippen LogP contribution < -0.4 is 0 Å². The molecule has 2 nitrogen and oxygen atoms in total. The number of hydrogen-bond donors (Lipinski definition) is 1. The number of aryl methyl sites for hydroxylation is 3. The maximum atomic E-state index is 6.36. The summed E-state index contributed by atoms with van der Waals surface area (Å²) in [5, 5.41) is 0.759. The molecule has 1 aromatic heterocycles. The quantitative estimate of drug-likeness (QED) is 0.675. The predicted molar refractivity (Wildman–Crippen MR) is 80.8 cm³/mol. The normalized spacial score (nSPS) is 11.2. The first-order valence-electron chi connectivity index (χ1n) is 6.28. The Morgan fingerprint density at radius 1 is 1.00 bits per heavy atom. The van der Waals surface area contributed by atoms with Crippen LogP contribution in [0.15, 0.2) is 30.3 Å². The maximum absolute atomic E-state index is 6.36. The van der Waals surface area contributed by atoms with Gasteiger partial charge in [-0.1, -0.05) is 23.7 Å². The average Bonchev–Trinajstić information content (AvgIpc) is 2.76. The Morgan fingerprint density at radius 3 is 2.53 bits per heavy atom. The number of halogens is 1. The Hall–Kier alpha value is -1.80. The van der Waals surface area contributed by atoms with Crippen molar-refractivity contribution in [2.75, 3.05) is 0 Å². The van der Waals surface area contributed by atoms with Crippen LogP contribution in [-0.4, -0.2) is 9.97 Å². The van der Waals surface area contributed by atoms with Gasteiger partial charge in [0.05, 0.1) is 16.1 Å². The Kier molecular flexibility index (Phi) is 2.83. The first-order valence-corrected chi connectivity index (χ1v) is 6.66. The zero-order chi connectivity index (χ0) is 13.6. The van der Waals surface area contributed by atoms with Gasteiger partial charge in [0, 0.05) is 5.56 Å². The van der Waals surface area contributed by atoms with E-state index in [0.717, 1.165) is 33.0 Å². The number of imidazole rings is 1. The Morgan fingerprint density at radius 2 is 1.74 bits per heavy atom. The molecule has 0 radical (unpaired) electrons. The second-order valence-electron chi connectivity index (χ2n) is 4.98. The van der Waals surface area contributed by atoms with E-state index in [0.29, 0.717) is 0 Å². The monoisotopic (exact) mass is 270 g/mol. The molecule has 0 saturated heterocycles. The van der Waals surface area contributed by atoms with Gasteiger partial charge in [0.1, 0.15) is 5.82 Å². The predicted octanol–water partition coefficient (Wildman–Crippen LogP) is 4.81. The van der Waals surface area contributed by atoms with E-state index in [9.17, 15) is 0 Å². The molecule has 1 N–H and O–H groups in total. The third-order valence-corrected chi connectivity index (χ3v) is 4.05. The molecule has 0 fully saturated rings. The highest BCUT2D eigenvalue weighted by Crippen LogP contribution is 2.30. The second kappa shape index (κ2) is 4.39. The standard InChI is InChI=1S/C16H15ClN2/c1-9-5-4-6-12(15(9)17)16-18-13-7-10(2)11(3)8-14(13)19-16/h4-8H,1-3H3,(H,18,19). The largest absolute Gasteiger partial charge is 0.338 e. The van der Waals surface area contributed by atoms with Gasteiger partial charge in [-0.15, -0.1) is 0 Å². The van der Waals surface area contributed by atoms with Gasteiger partial charge in [0.25, 0.3) is 0 Å². The van der Waals surface area contributed by atoms with Crippen LogP contribution in [0.2, 0.25) is 5.02 Å². The molecule has 1 heterocycles. The lowest BCUT2D eigenvalue weighted by Crippen LogP contribution is -1.84. The van der Waals surface area contributed by atoms with Crippen LogP contribution in [-0.2, 0) is 0 Å². The van der Waals surface area contributed by atoms with Crippen LogP contribution in [0.1, 0.15) is 16.7 Å². The Bertz CT molecular complexity index is 733. The van der Waals surface area contributed by atoms with Gasteiger partial charge >= 0.3 is 0 Å². The molecule has 0 saturated carbocycles. The smallest absolute Gasteiger partial charge is 0.140 e. The van der Waals surface area contributed by atoms with Crippen molar-refractivity contribution in [3.05, 3.63) is 52.0 Å². The van der Waals surface area contributed by atoms with E-state index < -0.39 is 0 Å². The third-order valence-electron chi connectivity index (χ3n) is 3.54. The number of nitrogens with one attached hydrogen (secondary N) is 1. The van der Waals surface area contributed by atoms with Gasteiger partial charge in [-0.05, 0) is 55.7 Å². The van der Waals surface area contributed by atoms with Crippen molar-refractivity contribution in [2.45, 2.75) is 20.8 Å². The van der Waals surface area contributed by atoms with Crippen LogP contribution in [0.4, 0.5) is 0 Å². The van der Waals surface area contributed by atoms with Crippen LogP contribution in [0.3, 0.4) is 0 Å². The summed E-state index contributed by atoms with van der Waals surface area (Å²) in [6.45, 7) is 6.21. The Balaban J connectivity index is 2.23. The summed E-state index contributed by atoms with van der Waals surface area (Å²) in [4.78, 5) is 8.00. The molecular weight excluding hydrogens is 256 g/mol. The SMILES string of the molecule is Cc1cc2nc(-c3cccc(C)c3Cl)[nH]c2cc1C. The van der Waals surface area contributed by atoms with E-state index in [4.69, 9.17) is 11.6 Å². The van der Waals surface area contributed by atoms with Gasteiger partial charge in [0.2, 0.25) is 0 Å². The lowest BCUT2D eigenvalue weighted by atomic mass is 10.1. The topological polar surface area (TPSA) is 28.7 Å². The molecular formula is C16H15ClN2. The summed E-state index contributed by atoms with van der Waals surface area (Å²) in [6.07, 6.45) is 0. The fourth-order valence-corrected chi connectivity index (χ4v) is 2.44. The van der Waals surface area contributed by atoms with Crippen LogP contribution in [0.25, 0.3) is 22.4 Å². The minimum absolute atomic E-state index is 0.759. The van der Waals surface area contributed by atoms with Crippen molar-refractivity contribution in [2.24, 2.45) is 0 Å². The second-order valence-corrected chi connectivity index (χ2v) is 5.35. The van der Waals surface area contributed by atoms with Crippen molar-refractivity contribution in [1.82, 2.24) is 9.97 Å². The molecule has 0 bridgehead atoms. The van der Waals surface area contributed by atoms with E-state index in [1.54, 1.807) is 0 Å². The molecule has 0 aliphatic carbocycles. The van der Waals surface area contributed by atoms with E-state index >= 15 is 0 Å². The molecule has 19 heavy (non-hydrogen) atoms. The molecule has 0 aliphatic heterocycles. The van der Waals surface area contributed by atoms with Crippen molar-refractivity contribution in [1.29, 1.82) is 0 Å². The van der Waals surface area contributed by atoms with Crippen LogP contribution in [0, 0.1) is 20.8 Å². The zero-order valence-corrected chi connectivity index (χ0v) is 12.0. The summed E-state index contributed by atoms with van der Waals surface area (Å²) in [5.74, 6) is 0.828. The fraction of sp³-hybridized carbons (Fsp3) is 0.188. The number of aromatic nitrogens is 2. The summed E-state index contributed by atoms with van der Waals surface area (Å²) < 4.78 is 0. The summed E-state index contributed by atoms with van der Waals surface area (Å²) >= 11 is 6.36. The van der Waals surface area contributed by atoms with Crippen molar-refractivity contribution in [3.63, 3.8) is 0 Å². The highest BCUT2D eigenvalue weighted by molar-refractivity contribution is 6.34. The van der Waals surface area contributed by atoms with E-state index in [2.05, 4.69) is 35.9 Å². The number of H-pyrrole nitrogens is 1. The molecule has 3 heteroatoms. The molecule has 3 rings (SSSR count). The van der Waals surface area contributed by atoms with E-state index in [-0.39, 0.29) is 0 Å².